The number of rotatable bonds is 2. The standard InChI is InChI=1S/C30H50O/c1-20(2)21-11-16-30(19-31)18-17-28(6)22(25(21)30)9-10-24-27(5)14-8-13-26(3,4)23(27)12-15-29(24,28)7/h21-25,31H,1,8-19H2,2-7H3/t21?,22?,23?,24?,25?,27?,28-,29?,30?/m1/s1. The van der Waals surface area contributed by atoms with E-state index in [1.165, 1.54) is 76.2 Å². The van der Waals surface area contributed by atoms with Gasteiger partial charge in [-0.3, -0.25) is 0 Å². The van der Waals surface area contributed by atoms with Crippen molar-refractivity contribution < 1.29 is 5.11 Å². The highest BCUT2D eigenvalue weighted by Gasteiger charge is 2.70. The van der Waals surface area contributed by atoms with Crippen molar-refractivity contribution in [2.45, 2.75) is 112 Å². The van der Waals surface area contributed by atoms with Crippen LogP contribution in [0.25, 0.3) is 0 Å². The molecule has 0 heterocycles. The third-order valence-corrected chi connectivity index (χ3v) is 13.3. The Balaban J connectivity index is 1.55. The van der Waals surface area contributed by atoms with Crippen LogP contribution in [-0.4, -0.2) is 11.7 Å². The molecule has 5 aliphatic carbocycles. The Bertz CT molecular complexity index is 752. The zero-order valence-corrected chi connectivity index (χ0v) is 21.5. The second-order valence-electron chi connectivity index (χ2n) is 14.5. The van der Waals surface area contributed by atoms with Crippen molar-refractivity contribution in [2.75, 3.05) is 6.61 Å². The average Bonchev–Trinajstić information content (AvgIpc) is 3.08. The van der Waals surface area contributed by atoms with Gasteiger partial charge in [-0.1, -0.05) is 53.2 Å². The zero-order valence-electron chi connectivity index (χ0n) is 21.5. The van der Waals surface area contributed by atoms with Crippen molar-refractivity contribution in [3.63, 3.8) is 0 Å². The lowest BCUT2D eigenvalue weighted by Gasteiger charge is -2.72. The fraction of sp³-hybridized carbons (Fsp3) is 0.933. The minimum atomic E-state index is 0.185. The SMILES string of the molecule is C=C(C)C1CCC2(CO)CC[C@]3(C)C(CCC4C5(C)CCCC(C)(C)C5CCC43C)C12. The topological polar surface area (TPSA) is 20.2 Å². The van der Waals surface area contributed by atoms with Gasteiger partial charge in [0.05, 0.1) is 0 Å². The molecule has 0 amide bonds. The van der Waals surface area contributed by atoms with Crippen LogP contribution in [0, 0.1) is 56.7 Å². The fourth-order valence-electron chi connectivity index (χ4n) is 11.7. The molecule has 0 aliphatic heterocycles. The van der Waals surface area contributed by atoms with Crippen molar-refractivity contribution in [2.24, 2.45) is 56.7 Å². The van der Waals surface area contributed by atoms with Crippen molar-refractivity contribution >= 4 is 0 Å². The molecule has 0 radical (unpaired) electrons. The quantitative estimate of drug-likeness (QED) is 0.443. The minimum Gasteiger partial charge on any atom is -0.396 e. The van der Waals surface area contributed by atoms with Crippen LogP contribution in [0.15, 0.2) is 12.2 Å². The predicted molar refractivity (Wildman–Crippen MR) is 131 cm³/mol. The second-order valence-corrected chi connectivity index (χ2v) is 14.5. The molecule has 5 aliphatic rings. The van der Waals surface area contributed by atoms with Gasteiger partial charge in [0, 0.05) is 6.61 Å². The van der Waals surface area contributed by atoms with Gasteiger partial charge in [-0.15, -0.1) is 0 Å². The van der Waals surface area contributed by atoms with E-state index in [0.29, 0.717) is 40.1 Å². The molecule has 0 spiro atoms. The first-order valence-electron chi connectivity index (χ1n) is 13.7. The lowest BCUT2D eigenvalue weighted by Crippen LogP contribution is -2.65. The summed E-state index contributed by atoms with van der Waals surface area (Å²) < 4.78 is 0. The number of hydrogen-bond acceptors (Lipinski definition) is 1. The molecular weight excluding hydrogens is 376 g/mol. The van der Waals surface area contributed by atoms with E-state index in [4.69, 9.17) is 0 Å². The normalized spacial score (nSPS) is 55.5. The highest BCUT2D eigenvalue weighted by Crippen LogP contribution is 2.77. The summed E-state index contributed by atoms with van der Waals surface area (Å²) in [5.74, 6) is 3.86. The van der Waals surface area contributed by atoms with Crippen molar-refractivity contribution in [1.29, 1.82) is 0 Å². The number of aliphatic hydroxyl groups excluding tert-OH is 1. The maximum Gasteiger partial charge on any atom is 0.0490 e. The summed E-state index contributed by atoms with van der Waals surface area (Å²) in [7, 11) is 0. The first-order chi connectivity index (χ1) is 14.5. The molecule has 9 atom stereocenters. The number of fused-ring (bicyclic) bond motifs is 7. The molecule has 1 N–H and O–H groups in total. The van der Waals surface area contributed by atoms with Gasteiger partial charge in [0.15, 0.2) is 0 Å². The van der Waals surface area contributed by atoms with Gasteiger partial charge in [0.1, 0.15) is 0 Å². The lowest BCUT2D eigenvalue weighted by atomic mass is 9.32. The second kappa shape index (κ2) is 6.86. The van der Waals surface area contributed by atoms with Gasteiger partial charge < -0.3 is 5.11 Å². The zero-order chi connectivity index (χ0) is 22.4. The van der Waals surface area contributed by atoms with Crippen molar-refractivity contribution in [3.8, 4) is 0 Å². The highest BCUT2D eigenvalue weighted by atomic mass is 16.3. The molecule has 8 unspecified atom stereocenters. The summed E-state index contributed by atoms with van der Waals surface area (Å²) in [5.41, 5.74) is 3.50. The summed E-state index contributed by atoms with van der Waals surface area (Å²) in [4.78, 5) is 0. The smallest absolute Gasteiger partial charge is 0.0490 e. The van der Waals surface area contributed by atoms with Crippen molar-refractivity contribution in [1.82, 2.24) is 0 Å². The summed E-state index contributed by atoms with van der Waals surface area (Å²) in [6, 6.07) is 0. The van der Waals surface area contributed by atoms with Crippen LogP contribution in [0.5, 0.6) is 0 Å². The molecule has 5 rings (SSSR count). The molecule has 0 aromatic rings. The van der Waals surface area contributed by atoms with E-state index < -0.39 is 0 Å². The van der Waals surface area contributed by atoms with Gasteiger partial charge in [0.2, 0.25) is 0 Å². The lowest BCUT2D eigenvalue weighted by molar-refractivity contribution is -0.238. The molecule has 5 saturated carbocycles. The number of allylic oxidation sites excluding steroid dienone is 1. The molecule has 0 bridgehead atoms. The number of aliphatic hydroxyl groups is 1. The van der Waals surface area contributed by atoms with Crippen molar-refractivity contribution in [3.05, 3.63) is 12.2 Å². The molecule has 1 heteroatoms. The van der Waals surface area contributed by atoms with Gasteiger partial charge >= 0.3 is 0 Å². The Hall–Kier alpha value is -0.300. The van der Waals surface area contributed by atoms with E-state index in [9.17, 15) is 5.11 Å². The summed E-state index contributed by atoms with van der Waals surface area (Å²) in [6.45, 7) is 20.5. The van der Waals surface area contributed by atoms with Crippen LogP contribution < -0.4 is 0 Å². The molecule has 1 nitrogen and oxygen atoms in total. The predicted octanol–water partition coefficient (Wildman–Crippen LogP) is 8.03. The monoisotopic (exact) mass is 426 g/mol. The first-order valence-corrected chi connectivity index (χ1v) is 13.7. The van der Waals surface area contributed by atoms with Gasteiger partial charge in [-0.25, -0.2) is 0 Å². The molecule has 31 heavy (non-hydrogen) atoms. The van der Waals surface area contributed by atoms with Gasteiger partial charge in [0.25, 0.3) is 0 Å². The van der Waals surface area contributed by atoms with Gasteiger partial charge in [-0.05, 0) is 128 Å². The van der Waals surface area contributed by atoms with E-state index in [1.807, 2.05) is 0 Å². The molecule has 0 saturated heterocycles. The van der Waals surface area contributed by atoms with Crippen LogP contribution >= 0.6 is 0 Å². The van der Waals surface area contributed by atoms with E-state index in [0.717, 1.165) is 17.8 Å². The molecular formula is C30H50O. The maximum absolute atomic E-state index is 10.6. The largest absolute Gasteiger partial charge is 0.396 e. The van der Waals surface area contributed by atoms with Crippen LogP contribution in [0.3, 0.4) is 0 Å². The van der Waals surface area contributed by atoms with E-state index in [-0.39, 0.29) is 5.41 Å². The average molecular weight is 427 g/mol. The number of hydrogen-bond donors (Lipinski definition) is 1. The molecule has 0 aromatic carbocycles. The van der Waals surface area contributed by atoms with Crippen LogP contribution in [0.1, 0.15) is 112 Å². The highest BCUT2D eigenvalue weighted by molar-refractivity contribution is 5.21. The summed E-state index contributed by atoms with van der Waals surface area (Å²) in [5, 5.41) is 10.6. The van der Waals surface area contributed by atoms with Crippen LogP contribution in [0.2, 0.25) is 0 Å². The molecule has 176 valence electrons. The Morgan fingerprint density at radius 1 is 0.806 bits per heavy atom. The Morgan fingerprint density at radius 2 is 1.55 bits per heavy atom. The summed E-state index contributed by atoms with van der Waals surface area (Å²) >= 11 is 0. The van der Waals surface area contributed by atoms with Crippen LogP contribution in [-0.2, 0) is 0 Å². The van der Waals surface area contributed by atoms with E-state index in [1.54, 1.807) is 0 Å². The Labute approximate surface area is 192 Å². The van der Waals surface area contributed by atoms with Crippen LogP contribution in [0.4, 0.5) is 0 Å². The first kappa shape index (κ1) is 22.5. The third kappa shape index (κ3) is 2.71. The third-order valence-electron chi connectivity index (χ3n) is 13.3. The van der Waals surface area contributed by atoms with E-state index in [2.05, 4.69) is 48.1 Å². The summed E-state index contributed by atoms with van der Waals surface area (Å²) in [6.07, 6.45) is 15.1. The Morgan fingerprint density at radius 3 is 2.23 bits per heavy atom. The van der Waals surface area contributed by atoms with Gasteiger partial charge in [-0.2, -0.15) is 0 Å². The molecule has 5 fully saturated rings. The minimum absolute atomic E-state index is 0.185. The Kier molecular flexibility index (Phi) is 4.98. The molecule has 0 aromatic heterocycles. The van der Waals surface area contributed by atoms with E-state index >= 15 is 0 Å². The maximum atomic E-state index is 10.6. The fourth-order valence-corrected chi connectivity index (χ4v) is 11.7.